The monoisotopic (exact) mass is 169 g/mol. The van der Waals surface area contributed by atoms with Crippen LogP contribution in [0, 0.1) is 0 Å². The van der Waals surface area contributed by atoms with Gasteiger partial charge in [-0.05, 0) is 6.07 Å². The Morgan fingerprint density at radius 3 is 3.18 bits per heavy atom. The van der Waals surface area contributed by atoms with Crippen LogP contribution < -0.4 is 0 Å². The van der Waals surface area contributed by atoms with Gasteiger partial charge in [-0.2, -0.15) is 5.10 Å². The average Bonchev–Trinajstić information content (AvgIpc) is 2.55. The van der Waals surface area contributed by atoms with Crippen molar-refractivity contribution >= 4 is 16.8 Å². The highest BCUT2D eigenvalue weighted by Crippen LogP contribution is 2.20. The van der Waals surface area contributed by atoms with Crippen LogP contribution in [0.3, 0.4) is 0 Å². The summed E-state index contributed by atoms with van der Waals surface area (Å²) in [7, 11) is 0. The van der Waals surface area contributed by atoms with Gasteiger partial charge in [-0.15, -0.1) is 0 Å². The van der Waals surface area contributed by atoms with Gasteiger partial charge in [-0.25, -0.2) is 4.99 Å². The summed E-state index contributed by atoms with van der Waals surface area (Å²) in [6, 6.07) is 1.84. The lowest BCUT2D eigenvalue weighted by atomic mass is 10.5. The Kier molecular flexibility index (Phi) is 1.67. The van der Waals surface area contributed by atoms with Gasteiger partial charge in [0.15, 0.2) is 6.23 Å². The summed E-state index contributed by atoms with van der Waals surface area (Å²) in [6.45, 7) is 0. The van der Waals surface area contributed by atoms with Crippen LogP contribution in [0.5, 0.6) is 0 Å². The SMILES string of the molecule is OC1CSC(c2ccn[nH]2)=N1. The van der Waals surface area contributed by atoms with Gasteiger partial charge in [0.2, 0.25) is 0 Å². The van der Waals surface area contributed by atoms with Crippen molar-refractivity contribution in [2.75, 3.05) is 5.75 Å². The molecule has 0 amide bonds. The first-order valence-electron chi connectivity index (χ1n) is 3.24. The van der Waals surface area contributed by atoms with Crippen molar-refractivity contribution < 1.29 is 5.11 Å². The standard InChI is InChI=1S/C6H7N3OS/c10-5-3-11-6(8-5)4-1-2-7-9-4/h1-2,5,10H,3H2,(H,7,9). The first-order chi connectivity index (χ1) is 5.36. The first-order valence-corrected chi connectivity index (χ1v) is 4.23. The van der Waals surface area contributed by atoms with E-state index in [1.54, 1.807) is 6.20 Å². The van der Waals surface area contributed by atoms with Crippen molar-refractivity contribution in [1.29, 1.82) is 0 Å². The van der Waals surface area contributed by atoms with Crippen molar-refractivity contribution in [3.05, 3.63) is 18.0 Å². The second-order valence-electron chi connectivity index (χ2n) is 2.20. The summed E-state index contributed by atoms with van der Waals surface area (Å²) < 4.78 is 0. The molecule has 1 aliphatic rings. The molecule has 0 aliphatic carbocycles. The number of aliphatic hydroxyl groups is 1. The lowest BCUT2D eigenvalue weighted by molar-refractivity contribution is 0.213. The van der Waals surface area contributed by atoms with Crippen LogP contribution >= 0.6 is 11.8 Å². The van der Waals surface area contributed by atoms with Gasteiger partial charge in [0, 0.05) is 11.9 Å². The predicted molar refractivity (Wildman–Crippen MR) is 43.6 cm³/mol. The highest BCUT2D eigenvalue weighted by atomic mass is 32.2. The van der Waals surface area contributed by atoms with Gasteiger partial charge >= 0.3 is 0 Å². The summed E-state index contributed by atoms with van der Waals surface area (Å²) >= 11 is 1.54. The maximum atomic E-state index is 9.06. The van der Waals surface area contributed by atoms with Gasteiger partial charge in [-0.1, -0.05) is 11.8 Å². The van der Waals surface area contributed by atoms with E-state index in [2.05, 4.69) is 15.2 Å². The molecule has 5 heteroatoms. The molecule has 0 spiro atoms. The Bertz CT molecular complexity index is 269. The van der Waals surface area contributed by atoms with Gasteiger partial charge in [0.25, 0.3) is 0 Å². The molecule has 1 unspecified atom stereocenters. The van der Waals surface area contributed by atoms with E-state index < -0.39 is 6.23 Å². The van der Waals surface area contributed by atoms with E-state index in [1.165, 1.54) is 11.8 Å². The van der Waals surface area contributed by atoms with Gasteiger partial charge in [-0.3, -0.25) is 5.10 Å². The third kappa shape index (κ3) is 1.29. The van der Waals surface area contributed by atoms with Crippen LogP contribution in [0.25, 0.3) is 0 Å². The van der Waals surface area contributed by atoms with E-state index in [-0.39, 0.29) is 0 Å². The summed E-state index contributed by atoms with van der Waals surface area (Å²) in [5.41, 5.74) is 0.881. The fourth-order valence-corrected chi connectivity index (χ4v) is 1.73. The molecule has 0 fully saturated rings. The smallest absolute Gasteiger partial charge is 0.155 e. The molecule has 2 rings (SSSR count). The van der Waals surface area contributed by atoms with E-state index in [4.69, 9.17) is 5.11 Å². The van der Waals surface area contributed by atoms with Gasteiger partial charge < -0.3 is 5.11 Å². The van der Waals surface area contributed by atoms with Gasteiger partial charge in [0.1, 0.15) is 5.04 Å². The van der Waals surface area contributed by atoms with E-state index in [0.29, 0.717) is 5.75 Å². The minimum atomic E-state index is -0.543. The topological polar surface area (TPSA) is 61.3 Å². The van der Waals surface area contributed by atoms with E-state index in [0.717, 1.165) is 10.7 Å². The zero-order chi connectivity index (χ0) is 7.68. The van der Waals surface area contributed by atoms with Crippen molar-refractivity contribution in [3.8, 4) is 0 Å². The number of hydrogen-bond donors (Lipinski definition) is 2. The fraction of sp³-hybridized carbons (Fsp3) is 0.333. The second-order valence-corrected chi connectivity index (χ2v) is 3.20. The molecule has 0 bridgehead atoms. The Labute approximate surface area is 67.7 Å². The molecule has 58 valence electrons. The molecule has 1 aromatic rings. The maximum absolute atomic E-state index is 9.06. The van der Waals surface area contributed by atoms with Crippen molar-refractivity contribution in [1.82, 2.24) is 10.2 Å². The summed E-state index contributed by atoms with van der Waals surface area (Å²) in [6.07, 6.45) is 1.13. The Morgan fingerprint density at radius 1 is 1.73 bits per heavy atom. The zero-order valence-electron chi connectivity index (χ0n) is 5.69. The van der Waals surface area contributed by atoms with Gasteiger partial charge in [0.05, 0.1) is 5.69 Å². The lowest BCUT2D eigenvalue weighted by Crippen LogP contribution is -1.98. The lowest BCUT2D eigenvalue weighted by Gasteiger charge is -1.90. The number of nitrogens with one attached hydrogen (secondary N) is 1. The molecule has 0 saturated heterocycles. The summed E-state index contributed by atoms with van der Waals surface area (Å²) in [5, 5.41) is 16.5. The maximum Gasteiger partial charge on any atom is 0.155 e. The van der Waals surface area contributed by atoms with E-state index >= 15 is 0 Å². The number of aliphatic hydroxyl groups excluding tert-OH is 1. The molecule has 4 nitrogen and oxygen atoms in total. The first kappa shape index (κ1) is 6.87. The number of rotatable bonds is 1. The number of hydrogen-bond acceptors (Lipinski definition) is 4. The summed E-state index contributed by atoms with van der Waals surface area (Å²) in [4.78, 5) is 3.99. The number of thioether (sulfide) groups is 1. The largest absolute Gasteiger partial charge is 0.371 e. The highest BCUT2D eigenvalue weighted by molar-refractivity contribution is 8.14. The third-order valence-corrected chi connectivity index (χ3v) is 2.43. The Morgan fingerprint density at radius 2 is 2.64 bits per heavy atom. The normalized spacial score (nSPS) is 23.7. The van der Waals surface area contributed by atoms with Crippen LogP contribution in [0.15, 0.2) is 17.3 Å². The quantitative estimate of drug-likeness (QED) is 0.632. The molecule has 2 heterocycles. The molecule has 0 aromatic carbocycles. The number of nitrogens with zero attached hydrogens (tertiary/aromatic N) is 2. The summed E-state index contributed by atoms with van der Waals surface area (Å²) in [5.74, 6) is 0.647. The van der Waals surface area contributed by atoms with E-state index in [9.17, 15) is 0 Å². The minimum Gasteiger partial charge on any atom is -0.371 e. The fourth-order valence-electron chi connectivity index (χ4n) is 0.886. The number of aromatic amines is 1. The third-order valence-electron chi connectivity index (χ3n) is 1.37. The average molecular weight is 169 g/mol. The molecule has 2 N–H and O–H groups in total. The van der Waals surface area contributed by atoms with Crippen LogP contribution in [0.2, 0.25) is 0 Å². The van der Waals surface area contributed by atoms with Crippen LogP contribution in [0.4, 0.5) is 0 Å². The van der Waals surface area contributed by atoms with E-state index in [1.807, 2.05) is 6.07 Å². The molecule has 1 aromatic heterocycles. The number of H-pyrrole nitrogens is 1. The molecule has 0 saturated carbocycles. The molecular weight excluding hydrogens is 162 g/mol. The van der Waals surface area contributed by atoms with Crippen molar-refractivity contribution in [3.63, 3.8) is 0 Å². The van der Waals surface area contributed by atoms with Crippen LogP contribution in [0.1, 0.15) is 5.69 Å². The van der Waals surface area contributed by atoms with Crippen molar-refractivity contribution in [2.24, 2.45) is 4.99 Å². The van der Waals surface area contributed by atoms with Crippen molar-refractivity contribution in [2.45, 2.75) is 6.23 Å². The Hall–Kier alpha value is -0.810. The highest BCUT2D eigenvalue weighted by Gasteiger charge is 2.17. The number of aromatic nitrogens is 2. The van der Waals surface area contributed by atoms with Crippen LogP contribution in [-0.4, -0.2) is 32.3 Å². The second kappa shape index (κ2) is 2.67. The minimum absolute atomic E-state index is 0.543. The van der Waals surface area contributed by atoms with Crippen LogP contribution in [-0.2, 0) is 0 Å². The molecule has 11 heavy (non-hydrogen) atoms. The Balaban J connectivity index is 2.25. The number of aliphatic imine (C=N–C) groups is 1. The molecule has 1 aliphatic heterocycles. The zero-order valence-corrected chi connectivity index (χ0v) is 6.51. The molecule has 0 radical (unpaired) electrons. The molecular formula is C6H7N3OS. The molecule has 1 atom stereocenters. The predicted octanol–water partition coefficient (Wildman–Crippen LogP) is 0.221.